The summed E-state index contributed by atoms with van der Waals surface area (Å²) in [6.45, 7) is -0.155. The summed E-state index contributed by atoms with van der Waals surface area (Å²) in [4.78, 5) is 28.6. The van der Waals surface area contributed by atoms with Gasteiger partial charge in [0.25, 0.3) is 0 Å². The van der Waals surface area contributed by atoms with E-state index in [2.05, 4.69) is 0 Å². The Bertz CT molecular complexity index is 1090. The van der Waals surface area contributed by atoms with Gasteiger partial charge in [-0.25, -0.2) is 0 Å². The number of benzene rings is 2. The molecular formula is C23H24N2O8Se. The molecule has 34 heavy (non-hydrogen) atoms. The number of aromatic hydroxyl groups is 1. The minimum atomic E-state index is -0.689. The van der Waals surface area contributed by atoms with E-state index >= 15 is 0 Å². The van der Waals surface area contributed by atoms with Gasteiger partial charge in [0.1, 0.15) is 0 Å². The number of esters is 1. The third-order valence-corrected chi connectivity index (χ3v) is 6.43. The van der Waals surface area contributed by atoms with Crippen LogP contribution in [-0.2, 0) is 14.3 Å². The third kappa shape index (κ3) is 4.83. The summed E-state index contributed by atoms with van der Waals surface area (Å²) in [6.07, 6.45) is 0. The molecule has 1 amide bonds. The number of anilines is 1. The standard InChI is InChI=1S/C23H24N2O8Se/c1-29-17-6-5-13(7-16(17)26)21-15(10-33-20(27)11-34-12-24)23(28)25(21)14-8-18(30-2)22(32-4)19(9-14)31-3/h5-9,15,21,26H,10-11H2,1-4H3/t15-,21+/m1/s1. The van der Waals surface area contributed by atoms with Gasteiger partial charge in [0.05, 0.1) is 7.11 Å². The van der Waals surface area contributed by atoms with Gasteiger partial charge in [0.15, 0.2) is 0 Å². The zero-order chi connectivity index (χ0) is 24.8. The molecule has 0 saturated carbocycles. The summed E-state index contributed by atoms with van der Waals surface area (Å²) >= 11 is -0.510. The normalized spacial score (nSPS) is 16.8. The molecule has 1 aliphatic rings. The number of hydrogen-bond acceptors (Lipinski definition) is 9. The number of carbonyl (C=O) groups excluding carboxylic acids is 2. The van der Waals surface area contributed by atoms with Crippen LogP contribution in [-0.4, -0.2) is 67.0 Å². The number of methoxy groups -OCH3 is 4. The Hall–Kier alpha value is -3.61. The molecule has 0 unspecified atom stereocenters. The number of amides is 1. The number of phenols is 1. The average Bonchev–Trinajstić information content (AvgIpc) is 2.84. The minimum absolute atomic E-state index is 0.00892. The molecule has 3 rings (SSSR count). The first kappa shape index (κ1) is 25.0. The Kier molecular flexibility index (Phi) is 8.10. The summed E-state index contributed by atoms with van der Waals surface area (Å²) in [7, 11) is 5.87. The molecule has 10 nitrogen and oxygen atoms in total. The Labute approximate surface area is 203 Å². The van der Waals surface area contributed by atoms with Crippen molar-refractivity contribution in [3.8, 4) is 33.7 Å². The maximum atomic E-state index is 13.2. The van der Waals surface area contributed by atoms with Crippen LogP contribution in [0.5, 0.6) is 28.7 Å². The van der Waals surface area contributed by atoms with E-state index in [1.165, 1.54) is 39.4 Å². The molecule has 1 heterocycles. The van der Waals surface area contributed by atoms with Crippen LogP contribution >= 0.6 is 0 Å². The molecule has 180 valence electrons. The first-order valence-electron chi connectivity index (χ1n) is 10.1. The number of carbonyl (C=O) groups is 2. The van der Waals surface area contributed by atoms with Crippen molar-refractivity contribution < 1.29 is 38.4 Å². The molecule has 1 saturated heterocycles. The maximum absolute atomic E-state index is 13.2. The molecular weight excluding hydrogens is 511 g/mol. The van der Waals surface area contributed by atoms with Gasteiger partial charge in [-0.15, -0.1) is 0 Å². The van der Waals surface area contributed by atoms with Gasteiger partial charge in [0.2, 0.25) is 0 Å². The van der Waals surface area contributed by atoms with Crippen molar-refractivity contribution in [1.82, 2.24) is 0 Å². The van der Waals surface area contributed by atoms with Crippen LogP contribution in [0.1, 0.15) is 11.6 Å². The molecule has 1 fully saturated rings. The van der Waals surface area contributed by atoms with Crippen molar-refractivity contribution in [3.63, 3.8) is 0 Å². The number of nitriles is 1. The van der Waals surface area contributed by atoms with Crippen molar-refractivity contribution in [3.05, 3.63) is 35.9 Å². The van der Waals surface area contributed by atoms with Crippen LogP contribution in [0.4, 0.5) is 5.69 Å². The predicted molar refractivity (Wildman–Crippen MR) is 122 cm³/mol. The van der Waals surface area contributed by atoms with Crippen molar-refractivity contribution in [2.24, 2.45) is 5.92 Å². The van der Waals surface area contributed by atoms with Crippen molar-refractivity contribution in [2.45, 2.75) is 11.4 Å². The summed E-state index contributed by atoms with van der Waals surface area (Å²) in [5, 5.41) is 19.0. The Morgan fingerprint density at radius 2 is 1.71 bits per heavy atom. The van der Waals surface area contributed by atoms with Gasteiger partial charge < -0.3 is 0 Å². The summed E-state index contributed by atoms with van der Waals surface area (Å²) in [5.41, 5.74) is 1.10. The summed E-state index contributed by atoms with van der Waals surface area (Å²) in [6, 6.07) is 7.57. The molecule has 0 bridgehead atoms. The van der Waals surface area contributed by atoms with Crippen LogP contribution < -0.4 is 23.8 Å². The van der Waals surface area contributed by atoms with Gasteiger partial charge in [-0.3, -0.25) is 0 Å². The van der Waals surface area contributed by atoms with E-state index < -0.39 is 32.9 Å². The van der Waals surface area contributed by atoms with E-state index in [1.807, 2.05) is 4.97 Å². The molecule has 2 aromatic carbocycles. The quantitative estimate of drug-likeness (QED) is 0.277. The monoisotopic (exact) mass is 536 g/mol. The molecule has 1 aliphatic heterocycles. The third-order valence-electron chi connectivity index (χ3n) is 5.36. The van der Waals surface area contributed by atoms with E-state index in [1.54, 1.807) is 24.3 Å². The molecule has 0 radical (unpaired) electrons. The van der Waals surface area contributed by atoms with Crippen molar-refractivity contribution in [2.75, 3.05) is 39.9 Å². The van der Waals surface area contributed by atoms with E-state index in [9.17, 15) is 14.7 Å². The SMILES string of the molecule is COc1ccc([C@H]2[C@@H](COC(=O)C[Se]C#N)C(=O)N2c2cc(OC)c(OC)c(OC)c2)cc1O. The fourth-order valence-corrected chi connectivity index (χ4v) is 4.35. The average molecular weight is 535 g/mol. The molecule has 2 atom stereocenters. The fraction of sp³-hybridized carbons (Fsp3) is 0.348. The van der Waals surface area contributed by atoms with Crippen LogP contribution in [0, 0.1) is 16.1 Å². The second-order valence-corrected chi connectivity index (χ2v) is 8.73. The second kappa shape index (κ2) is 11.0. The summed E-state index contributed by atoms with van der Waals surface area (Å²) in [5.74, 6) is -0.183. The summed E-state index contributed by atoms with van der Waals surface area (Å²) < 4.78 is 26.6. The zero-order valence-corrected chi connectivity index (χ0v) is 20.8. The van der Waals surface area contributed by atoms with Crippen LogP contribution in [0.25, 0.3) is 0 Å². The molecule has 2 aromatic rings. The molecule has 0 spiro atoms. The van der Waals surface area contributed by atoms with Crippen molar-refractivity contribution >= 4 is 32.5 Å². The van der Waals surface area contributed by atoms with Gasteiger partial charge in [-0.1, -0.05) is 0 Å². The van der Waals surface area contributed by atoms with E-state index in [4.69, 9.17) is 28.9 Å². The second-order valence-electron chi connectivity index (χ2n) is 7.14. The Morgan fingerprint density at radius 1 is 1.06 bits per heavy atom. The molecule has 0 aliphatic carbocycles. The predicted octanol–water partition coefficient (Wildman–Crippen LogP) is 2.28. The topological polar surface area (TPSA) is 128 Å². The van der Waals surface area contributed by atoms with Gasteiger partial charge in [-0.2, -0.15) is 0 Å². The molecule has 11 heteroatoms. The first-order valence-corrected chi connectivity index (χ1v) is 12.1. The van der Waals surface area contributed by atoms with Gasteiger partial charge in [0, 0.05) is 0 Å². The number of hydrogen-bond donors (Lipinski definition) is 1. The fourth-order valence-electron chi connectivity index (χ4n) is 3.79. The number of phenolic OH excluding ortho intramolecular Hbond substituents is 1. The van der Waals surface area contributed by atoms with E-state index in [0.29, 0.717) is 28.5 Å². The molecule has 1 N–H and O–H groups in total. The van der Waals surface area contributed by atoms with Gasteiger partial charge >= 0.3 is 196 Å². The van der Waals surface area contributed by atoms with Crippen LogP contribution in [0.2, 0.25) is 5.32 Å². The Morgan fingerprint density at radius 3 is 2.24 bits per heavy atom. The first-order chi connectivity index (χ1) is 16.4. The van der Waals surface area contributed by atoms with Crippen LogP contribution in [0.3, 0.4) is 0 Å². The number of nitrogens with zero attached hydrogens (tertiary/aromatic N) is 2. The number of ether oxygens (including phenoxy) is 5. The number of β-lactam (4-membered cyclic amide) rings is 1. The van der Waals surface area contributed by atoms with E-state index in [0.717, 1.165) is 0 Å². The van der Waals surface area contributed by atoms with E-state index in [-0.39, 0.29) is 29.3 Å². The van der Waals surface area contributed by atoms with Crippen LogP contribution in [0.15, 0.2) is 30.3 Å². The Balaban J connectivity index is 1.99. The van der Waals surface area contributed by atoms with Gasteiger partial charge in [-0.05, 0) is 0 Å². The molecule has 0 aromatic heterocycles. The van der Waals surface area contributed by atoms with Crippen molar-refractivity contribution in [1.29, 1.82) is 5.26 Å². The number of rotatable bonds is 10. The zero-order valence-electron chi connectivity index (χ0n) is 19.1.